The van der Waals surface area contributed by atoms with Crippen LogP contribution in [-0.4, -0.2) is 14.4 Å². The van der Waals surface area contributed by atoms with Gasteiger partial charge in [-0.1, -0.05) is 13.3 Å². The first-order valence-corrected chi connectivity index (χ1v) is 7.25. The van der Waals surface area contributed by atoms with Gasteiger partial charge < -0.3 is 9.38 Å². The number of aromatic amines is 1. The molecule has 0 saturated heterocycles. The lowest BCUT2D eigenvalue weighted by Crippen LogP contribution is -2.12. The van der Waals surface area contributed by atoms with Gasteiger partial charge >= 0.3 is 0 Å². The number of nitrogens with zero attached hydrogens (tertiary/aromatic N) is 3. The number of nitriles is 1. The SMILES string of the molecule is CCCc1cn2cccc(-c3cc(C#N)c(=O)[nH]c3C)c2n1. The molecule has 3 heterocycles. The molecule has 1 N–H and O–H groups in total. The first kappa shape index (κ1) is 14.1. The third-order valence-electron chi connectivity index (χ3n) is 3.69. The Balaban J connectivity index is 2.26. The van der Waals surface area contributed by atoms with Crippen molar-refractivity contribution in [3.63, 3.8) is 0 Å². The van der Waals surface area contributed by atoms with E-state index < -0.39 is 0 Å². The van der Waals surface area contributed by atoms with Gasteiger partial charge in [-0.15, -0.1) is 0 Å². The van der Waals surface area contributed by atoms with E-state index in [4.69, 9.17) is 5.26 Å². The molecule has 0 aliphatic rings. The molecule has 0 unspecified atom stereocenters. The Morgan fingerprint density at radius 1 is 1.41 bits per heavy atom. The van der Waals surface area contributed by atoms with Crippen LogP contribution in [0.4, 0.5) is 0 Å². The van der Waals surface area contributed by atoms with Gasteiger partial charge in [-0.05, 0) is 31.5 Å². The fourth-order valence-corrected chi connectivity index (χ4v) is 2.64. The van der Waals surface area contributed by atoms with Crippen molar-refractivity contribution < 1.29 is 0 Å². The van der Waals surface area contributed by atoms with Crippen LogP contribution in [0.2, 0.25) is 0 Å². The van der Waals surface area contributed by atoms with E-state index in [1.54, 1.807) is 6.07 Å². The molecule has 0 radical (unpaired) electrons. The summed E-state index contributed by atoms with van der Waals surface area (Å²) < 4.78 is 1.98. The second kappa shape index (κ2) is 5.49. The van der Waals surface area contributed by atoms with E-state index in [9.17, 15) is 4.79 Å². The van der Waals surface area contributed by atoms with Crippen LogP contribution in [0, 0.1) is 18.3 Å². The fourth-order valence-electron chi connectivity index (χ4n) is 2.64. The lowest BCUT2D eigenvalue weighted by molar-refractivity contribution is 0.894. The average Bonchev–Trinajstić information content (AvgIpc) is 2.90. The molecule has 0 fully saturated rings. The van der Waals surface area contributed by atoms with Gasteiger partial charge in [0, 0.05) is 29.2 Å². The molecule has 0 aliphatic carbocycles. The zero-order chi connectivity index (χ0) is 15.7. The third kappa shape index (κ3) is 2.29. The van der Waals surface area contributed by atoms with Gasteiger partial charge in [-0.25, -0.2) is 4.98 Å². The van der Waals surface area contributed by atoms with Crippen molar-refractivity contribution in [1.82, 2.24) is 14.4 Å². The van der Waals surface area contributed by atoms with E-state index >= 15 is 0 Å². The minimum absolute atomic E-state index is 0.114. The number of nitrogens with one attached hydrogen (secondary N) is 1. The van der Waals surface area contributed by atoms with E-state index in [-0.39, 0.29) is 11.1 Å². The molecule has 0 spiro atoms. The van der Waals surface area contributed by atoms with Gasteiger partial charge in [-0.2, -0.15) is 5.26 Å². The summed E-state index contributed by atoms with van der Waals surface area (Å²) in [7, 11) is 0. The standard InChI is InChI=1S/C17H16N4O/c1-3-5-13-10-21-7-4-6-14(16(21)20-13)15-8-12(9-18)17(22)19-11(15)2/h4,6-8,10H,3,5H2,1-2H3,(H,19,22). The first-order chi connectivity index (χ1) is 10.6. The van der Waals surface area contributed by atoms with Crippen LogP contribution in [0.5, 0.6) is 0 Å². The third-order valence-corrected chi connectivity index (χ3v) is 3.69. The van der Waals surface area contributed by atoms with Crippen LogP contribution in [-0.2, 0) is 6.42 Å². The Hall–Kier alpha value is -2.87. The Bertz CT molecular complexity index is 943. The molecule has 0 saturated carbocycles. The number of pyridine rings is 2. The number of hydrogen-bond donors (Lipinski definition) is 1. The summed E-state index contributed by atoms with van der Waals surface area (Å²) in [5.41, 5.74) is 4.11. The molecule has 3 rings (SSSR count). The number of imidazole rings is 1. The number of fused-ring (bicyclic) bond motifs is 1. The molecule has 0 aromatic carbocycles. The zero-order valence-electron chi connectivity index (χ0n) is 12.6. The highest BCUT2D eigenvalue weighted by Crippen LogP contribution is 2.26. The van der Waals surface area contributed by atoms with Gasteiger partial charge in [0.2, 0.25) is 0 Å². The molecular formula is C17H16N4O. The molecular weight excluding hydrogens is 276 g/mol. The number of hydrogen-bond acceptors (Lipinski definition) is 3. The Labute approximate surface area is 127 Å². The molecule has 3 aromatic rings. The summed E-state index contributed by atoms with van der Waals surface area (Å²) in [6.45, 7) is 3.95. The molecule has 110 valence electrons. The van der Waals surface area contributed by atoms with Crippen molar-refractivity contribution in [2.75, 3.05) is 0 Å². The maximum absolute atomic E-state index is 11.7. The van der Waals surface area contributed by atoms with Crippen molar-refractivity contribution in [2.45, 2.75) is 26.7 Å². The predicted octanol–water partition coefficient (Wildman–Crippen LogP) is 2.82. The van der Waals surface area contributed by atoms with Gasteiger partial charge in [0.1, 0.15) is 17.3 Å². The number of aryl methyl sites for hydroxylation is 2. The minimum Gasteiger partial charge on any atom is -0.325 e. The monoisotopic (exact) mass is 292 g/mol. The molecule has 3 aromatic heterocycles. The summed E-state index contributed by atoms with van der Waals surface area (Å²) >= 11 is 0. The average molecular weight is 292 g/mol. The molecule has 0 atom stereocenters. The van der Waals surface area contributed by atoms with Crippen molar-refractivity contribution in [2.24, 2.45) is 0 Å². The summed E-state index contributed by atoms with van der Waals surface area (Å²) in [5, 5.41) is 9.08. The van der Waals surface area contributed by atoms with Crippen LogP contribution in [0.3, 0.4) is 0 Å². The summed E-state index contributed by atoms with van der Waals surface area (Å²) in [5.74, 6) is 0. The smallest absolute Gasteiger partial charge is 0.266 e. The van der Waals surface area contributed by atoms with Crippen LogP contribution in [0.15, 0.2) is 35.4 Å². The maximum Gasteiger partial charge on any atom is 0.266 e. The number of H-pyrrole nitrogens is 1. The normalized spacial score (nSPS) is 10.8. The van der Waals surface area contributed by atoms with E-state index in [0.29, 0.717) is 0 Å². The lowest BCUT2D eigenvalue weighted by Gasteiger charge is -2.07. The molecule has 0 aliphatic heterocycles. The molecule has 5 heteroatoms. The first-order valence-electron chi connectivity index (χ1n) is 7.25. The lowest BCUT2D eigenvalue weighted by atomic mass is 10.0. The zero-order valence-corrected chi connectivity index (χ0v) is 12.6. The Morgan fingerprint density at radius 3 is 2.95 bits per heavy atom. The van der Waals surface area contributed by atoms with Gasteiger partial charge in [0.15, 0.2) is 0 Å². The van der Waals surface area contributed by atoms with Crippen molar-refractivity contribution >= 4 is 5.65 Å². The largest absolute Gasteiger partial charge is 0.325 e. The van der Waals surface area contributed by atoms with E-state index in [0.717, 1.165) is 41.0 Å². The van der Waals surface area contributed by atoms with Crippen LogP contribution in [0.25, 0.3) is 16.8 Å². The highest BCUT2D eigenvalue weighted by molar-refractivity contribution is 5.79. The van der Waals surface area contributed by atoms with Crippen molar-refractivity contribution in [1.29, 1.82) is 5.26 Å². The summed E-state index contributed by atoms with van der Waals surface area (Å²) in [4.78, 5) is 19.1. The molecule has 0 amide bonds. The Morgan fingerprint density at radius 2 is 2.23 bits per heavy atom. The molecule has 5 nitrogen and oxygen atoms in total. The van der Waals surface area contributed by atoms with E-state index in [1.807, 2.05) is 41.9 Å². The highest BCUT2D eigenvalue weighted by atomic mass is 16.1. The Kier molecular flexibility index (Phi) is 3.51. The quantitative estimate of drug-likeness (QED) is 0.806. The molecule has 22 heavy (non-hydrogen) atoms. The number of aromatic nitrogens is 3. The maximum atomic E-state index is 11.7. The second-order valence-corrected chi connectivity index (χ2v) is 5.30. The van der Waals surface area contributed by atoms with Crippen LogP contribution in [0.1, 0.15) is 30.3 Å². The van der Waals surface area contributed by atoms with Crippen molar-refractivity contribution in [3.05, 3.63) is 57.9 Å². The van der Waals surface area contributed by atoms with E-state index in [1.165, 1.54) is 0 Å². The van der Waals surface area contributed by atoms with Gasteiger partial charge in [-0.3, -0.25) is 4.79 Å². The van der Waals surface area contributed by atoms with E-state index in [2.05, 4.69) is 16.9 Å². The fraction of sp³-hybridized carbons (Fsp3) is 0.235. The molecule has 0 bridgehead atoms. The van der Waals surface area contributed by atoms with Crippen LogP contribution < -0.4 is 5.56 Å². The van der Waals surface area contributed by atoms with Gasteiger partial charge in [0.05, 0.1) is 5.69 Å². The van der Waals surface area contributed by atoms with Crippen LogP contribution >= 0.6 is 0 Å². The topological polar surface area (TPSA) is 73.9 Å². The summed E-state index contributed by atoms with van der Waals surface area (Å²) in [6.07, 6.45) is 5.94. The summed E-state index contributed by atoms with van der Waals surface area (Å²) in [6, 6.07) is 7.47. The van der Waals surface area contributed by atoms with Gasteiger partial charge in [0.25, 0.3) is 5.56 Å². The highest BCUT2D eigenvalue weighted by Gasteiger charge is 2.12. The van der Waals surface area contributed by atoms with Crippen molar-refractivity contribution in [3.8, 4) is 17.2 Å². The number of rotatable bonds is 3. The second-order valence-electron chi connectivity index (χ2n) is 5.30. The minimum atomic E-state index is -0.356. The predicted molar refractivity (Wildman–Crippen MR) is 84.7 cm³/mol.